The molecule has 2 rings (SSSR count). The number of amides is 1. The van der Waals surface area contributed by atoms with E-state index in [4.69, 9.17) is 17.3 Å². The molecule has 1 heterocycles. The van der Waals surface area contributed by atoms with Crippen LogP contribution < -0.4 is 11.1 Å². The number of carbonyl (C=O) groups excluding carboxylic acids is 1. The van der Waals surface area contributed by atoms with Gasteiger partial charge in [0.05, 0.1) is 5.56 Å². The molecule has 5 nitrogen and oxygen atoms in total. The molecule has 2 aromatic rings. The number of nitrogens with two attached hydrogens (primary N) is 1. The van der Waals surface area contributed by atoms with Gasteiger partial charge in [-0.2, -0.15) is 13.2 Å². The SMILES string of the molecule is C[C@H](Nc1nc(C(N)=O)nc(Cl)c1-c1ccc(F)cc1F)C(F)(F)F. The van der Waals surface area contributed by atoms with Crippen LogP contribution in [0.2, 0.25) is 5.15 Å². The molecular formula is C14H10ClF5N4O. The van der Waals surface area contributed by atoms with E-state index in [2.05, 4.69) is 9.97 Å². The van der Waals surface area contributed by atoms with E-state index >= 15 is 0 Å². The molecule has 1 aromatic heterocycles. The normalized spacial score (nSPS) is 12.8. The van der Waals surface area contributed by atoms with E-state index in [0.29, 0.717) is 6.07 Å². The lowest BCUT2D eigenvalue weighted by Gasteiger charge is -2.20. The maximum absolute atomic E-state index is 14.0. The van der Waals surface area contributed by atoms with Gasteiger partial charge < -0.3 is 11.1 Å². The number of halogens is 6. The minimum absolute atomic E-state index is 0.348. The summed E-state index contributed by atoms with van der Waals surface area (Å²) in [5.74, 6) is -4.36. The van der Waals surface area contributed by atoms with Crippen molar-refractivity contribution in [3.63, 3.8) is 0 Å². The van der Waals surface area contributed by atoms with Crippen LogP contribution in [0.15, 0.2) is 18.2 Å². The van der Waals surface area contributed by atoms with Crippen LogP contribution in [0.4, 0.5) is 27.8 Å². The van der Waals surface area contributed by atoms with Gasteiger partial charge in [-0.3, -0.25) is 4.79 Å². The zero-order chi connectivity index (χ0) is 18.9. The van der Waals surface area contributed by atoms with Crippen molar-refractivity contribution >= 4 is 23.3 Å². The number of hydrogen-bond acceptors (Lipinski definition) is 4. The van der Waals surface area contributed by atoms with Gasteiger partial charge in [0.1, 0.15) is 28.6 Å². The van der Waals surface area contributed by atoms with E-state index in [1.165, 1.54) is 0 Å². The molecule has 0 aliphatic heterocycles. The van der Waals surface area contributed by atoms with Gasteiger partial charge >= 0.3 is 6.18 Å². The second kappa shape index (κ2) is 6.79. The summed E-state index contributed by atoms with van der Waals surface area (Å²) in [6.45, 7) is 0.782. The largest absolute Gasteiger partial charge is 0.408 e. The average Bonchev–Trinajstić information content (AvgIpc) is 2.47. The number of nitrogens with one attached hydrogen (secondary N) is 1. The minimum atomic E-state index is -4.66. The molecule has 1 amide bonds. The van der Waals surface area contributed by atoms with E-state index in [0.717, 1.165) is 19.1 Å². The van der Waals surface area contributed by atoms with Gasteiger partial charge in [0.15, 0.2) is 0 Å². The first kappa shape index (κ1) is 18.8. The Kier molecular flexibility index (Phi) is 5.12. The van der Waals surface area contributed by atoms with Crippen molar-refractivity contribution < 1.29 is 26.7 Å². The van der Waals surface area contributed by atoms with Crippen LogP contribution in [0.1, 0.15) is 17.5 Å². The summed E-state index contributed by atoms with van der Waals surface area (Å²) in [5.41, 5.74) is 4.30. The number of hydrogen-bond donors (Lipinski definition) is 2. The molecule has 0 aliphatic rings. The van der Waals surface area contributed by atoms with Gasteiger partial charge in [-0.1, -0.05) is 11.6 Å². The van der Waals surface area contributed by atoms with Crippen LogP contribution in [-0.2, 0) is 0 Å². The van der Waals surface area contributed by atoms with Gasteiger partial charge in [-0.15, -0.1) is 0 Å². The molecule has 0 unspecified atom stereocenters. The Hall–Kier alpha value is -2.49. The maximum Gasteiger partial charge on any atom is 0.408 e. The fourth-order valence-corrected chi connectivity index (χ4v) is 2.14. The predicted octanol–water partition coefficient (Wildman–Crippen LogP) is 3.54. The Balaban J connectivity index is 2.67. The first-order chi connectivity index (χ1) is 11.5. The Morgan fingerprint density at radius 2 is 1.92 bits per heavy atom. The number of alkyl halides is 3. The summed E-state index contributed by atoms with van der Waals surface area (Å²) < 4.78 is 65.5. The quantitative estimate of drug-likeness (QED) is 0.628. The molecule has 0 saturated carbocycles. The van der Waals surface area contributed by atoms with Crippen molar-refractivity contribution in [1.29, 1.82) is 0 Å². The van der Waals surface area contributed by atoms with Gasteiger partial charge in [0.25, 0.3) is 5.91 Å². The highest BCUT2D eigenvalue weighted by atomic mass is 35.5. The summed E-state index contributed by atoms with van der Waals surface area (Å²) in [6, 6.07) is 0.252. The van der Waals surface area contributed by atoms with Crippen molar-refractivity contribution in [2.75, 3.05) is 5.32 Å². The Morgan fingerprint density at radius 1 is 1.28 bits per heavy atom. The number of carbonyl (C=O) groups is 1. The number of nitrogens with zero attached hydrogens (tertiary/aromatic N) is 2. The highest BCUT2D eigenvalue weighted by Gasteiger charge is 2.37. The Bertz CT molecular complexity index is 828. The third-order valence-electron chi connectivity index (χ3n) is 3.13. The van der Waals surface area contributed by atoms with Crippen LogP contribution in [0, 0.1) is 11.6 Å². The number of primary amides is 1. The van der Waals surface area contributed by atoms with Crippen molar-refractivity contribution in [3.8, 4) is 11.1 Å². The zero-order valence-corrected chi connectivity index (χ0v) is 13.2. The lowest BCUT2D eigenvalue weighted by atomic mass is 10.1. The molecule has 0 spiro atoms. The summed E-state index contributed by atoms with van der Waals surface area (Å²) >= 11 is 5.88. The summed E-state index contributed by atoms with van der Waals surface area (Å²) in [5, 5.41) is 1.48. The van der Waals surface area contributed by atoms with Crippen LogP contribution in [0.25, 0.3) is 11.1 Å². The summed E-state index contributed by atoms with van der Waals surface area (Å²) in [4.78, 5) is 18.3. The lowest BCUT2D eigenvalue weighted by Crippen LogP contribution is -2.34. The Morgan fingerprint density at radius 3 is 2.44 bits per heavy atom. The Labute approximate surface area is 143 Å². The maximum atomic E-state index is 14.0. The molecule has 0 saturated heterocycles. The van der Waals surface area contributed by atoms with E-state index < -0.39 is 46.6 Å². The van der Waals surface area contributed by atoms with Crippen molar-refractivity contribution in [3.05, 3.63) is 40.8 Å². The fraction of sp³-hybridized carbons (Fsp3) is 0.214. The molecule has 0 aliphatic carbocycles. The topological polar surface area (TPSA) is 80.9 Å². The number of anilines is 1. The number of rotatable bonds is 4. The highest BCUT2D eigenvalue weighted by molar-refractivity contribution is 6.33. The van der Waals surface area contributed by atoms with Crippen LogP contribution in [0.3, 0.4) is 0 Å². The van der Waals surface area contributed by atoms with E-state index in [1.807, 2.05) is 5.32 Å². The minimum Gasteiger partial charge on any atom is -0.363 e. The molecule has 134 valence electrons. The van der Waals surface area contributed by atoms with Crippen molar-refractivity contribution in [2.24, 2.45) is 5.73 Å². The molecule has 1 atom stereocenters. The lowest BCUT2D eigenvalue weighted by molar-refractivity contribution is -0.138. The number of benzene rings is 1. The summed E-state index contributed by atoms with van der Waals surface area (Å²) in [7, 11) is 0. The smallest absolute Gasteiger partial charge is 0.363 e. The van der Waals surface area contributed by atoms with Crippen molar-refractivity contribution in [2.45, 2.75) is 19.1 Å². The van der Waals surface area contributed by atoms with Crippen molar-refractivity contribution in [1.82, 2.24) is 9.97 Å². The van der Waals surface area contributed by atoms with Gasteiger partial charge in [0.2, 0.25) is 5.82 Å². The van der Waals surface area contributed by atoms with Gasteiger partial charge in [-0.25, -0.2) is 18.7 Å². The highest BCUT2D eigenvalue weighted by Crippen LogP contribution is 2.36. The monoisotopic (exact) mass is 380 g/mol. The van der Waals surface area contributed by atoms with E-state index in [1.54, 1.807) is 0 Å². The second-order valence-corrected chi connectivity index (χ2v) is 5.32. The average molecular weight is 381 g/mol. The standard InChI is InChI=1S/C14H10ClF5N4O/c1-5(14(18,19)20)22-12-9(7-3-2-6(16)4-8(7)17)10(15)23-13(24-12)11(21)25/h2-5H,1H3,(H2,21,25)(H,22,23,24)/t5-/m0/s1. The molecule has 1 aromatic carbocycles. The molecule has 0 radical (unpaired) electrons. The number of aromatic nitrogens is 2. The first-order valence-electron chi connectivity index (χ1n) is 6.66. The molecule has 25 heavy (non-hydrogen) atoms. The van der Waals surface area contributed by atoms with E-state index in [9.17, 15) is 26.7 Å². The second-order valence-electron chi connectivity index (χ2n) is 4.96. The predicted molar refractivity (Wildman–Crippen MR) is 80.1 cm³/mol. The fourth-order valence-electron chi connectivity index (χ4n) is 1.87. The van der Waals surface area contributed by atoms with E-state index in [-0.39, 0.29) is 11.1 Å². The van der Waals surface area contributed by atoms with Gasteiger partial charge in [0, 0.05) is 11.6 Å². The molecular weight excluding hydrogens is 371 g/mol. The van der Waals surface area contributed by atoms with Gasteiger partial charge in [-0.05, 0) is 19.1 Å². The first-order valence-corrected chi connectivity index (χ1v) is 7.04. The molecule has 3 N–H and O–H groups in total. The van der Waals surface area contributed by atoms with Crippen LogP contribution in [-0.4, -0.2) is 28.1 Å². The third-order valence-corrected chi connectivity index (χ3v) is 3.40. The zero-order valence-electron chi connectivity index (χ0n) is 12.5. The molecule has 0 fully saturated rings. The van der Waals surface area contributed by atoms with Crippen LogP contribution in [0.5, 0.6) is 0 Å². The molecule has 0 bridgehead atoms. The third kappa shape index (κ3) is 4.13. The van der Waals surface area contributed by atoms with Crippen LogP contribution >= 0.6 is 11.6 Å². The summed E-state index contributed by atoms with van der Waals surface area (Å²) in [6.07, 6.45) is -4.66. The molecule has 11 heteroatoms.